The first-order valence-electron chi connectivity index (χ1n) is 14.7. The number of nitrogens with two attached hydrogens (primary N) is 2. The van der Waals surface area contributed by atoms with Crippen molar-refractivity contribution >= 4 is 11.9 Å². The highest BCUT2D eigenvalue weighted by Crippen LogP contribution is 2.18. The first kappa shape index (κ1) is 31.4. The highest BCUT2D eigenvalue weighted by atomic mass is 16.2. The Balaban J connectivity index is 1.93. The van der Waals surface area contributed by atoms with E-state index in [0.29, 0.717) is 26.1 Å². The summed E-state index contributed by atoms with van der Waals surface area (Å²) in [6, 6.07) is 20.5. The van der Waals surface area contributed by atoms with Gasteiger partial charge in [0, 0.05) is 26.2 Å². The van der Waals surface area contributed by atoms with Crippen LogP contribution in [0.25, 0.3) is 0 Å². The van der Waals surface area contributed by atoms with E-state index in [1.807, 2.05) is 12.1 Å². The summed E-state index contributed by atoms with van der Waals surface area (Å²) >= 11 is 0. The Morgan fingerprint density at radius 3 is 1.76 bits per heavy atom. The van der Waals surface area contributed by atoms with Gasteiger partial charge in [-0.05, 0) is 30.4 Å². The zero-order chi connectivity index (χ0) is 27.3. The average molecular weight is 522 g/mol. The lowest BCUT2D eigenvalue weighted by molar-refractivity contribution is -0.127. The van der Waals surface area contributed by atoms with Gasteiger partial charge in [-0.1, -0.05) is 125 Å². The van der Waals surface area contributed by atoms with Crippen molar-refractivity contribution in [1.29, 1.82) is 0 Å². The van der Waals surface area contributed by atoms with Gasteiger partial charge in [-0.3, -0.25) is 14.7 Å². The third-order valence-corrected chi connectivity index (χ3v) is 6.96. The Kier molecular flexibility index (Phi) is 16.6. The number of carbonyl (C=O) groups excluding carboxylic acids is 1. The Hall–Kier alpha value is -2.86. The third-order valence-electron chi connectivity index (χ3n) is 6.96. The zero-order valence-corrected chi connectivity index (χ0v) is 23.6. The maximum Gasteiger partial charge on any atom is 0.237 e. The summed E-state index contributed by atoms with van der Waals surface area (Å²) in [7, 11) is 0. The number of nitrogens with zero attached hydrogens (tertiary/aromatic N) is 2. The van der Waals surface area contributed by atoms with E-state index in [0.717, 1.165) is 19.4 Å². The number of unbranched alkanes of at least 4 members (excludes halogenated alkanes) is 9. The lowest BCUT2D eigenvalue weighted by Crippen LogP contribution is -2.46. The minimum absolute atomic E-state index is 0.0948. The molecule has 2 aromatic carbocycles. The van der Waals surface area contributed by atoms with E-state index in [4.69, 9.17) is 11.5 Å². The molecule has 0 aliphatic heterocycles. The van der Waals surface area contributed by atoms with E-state index in [1.165, 1.54) is 68.9 Å². The van der Waals surface area contributed by atoms with Crippen LogP contribution in [-0.2, 0) is 17.9 Å². The fourth-order valence-corrected chi connectivity index (χ4v) is 4.83. The number of guanidine groups is 1. The molecule has 0 fully saturated rings. The zero-order valence-electron chi connectivity index (χ0n) is 23.6. The van der Waals surface area contributed by atoms with E-state index in [9.17, 15) is 4.79 Å². The van der Waals surface area contributed by atoms with Gasteiger partial charge in [0.2, 0.25) is 5.91 Å². The molecule has 6 heteroatoms. The second-order valence-electron chi connectivity index (χ2n) is 10.3. The van der Waals surface area contributed by atoms with Crippen molar-refractivity contribution in [1.82, 2.24) is 10.2 Å². The molecule has 0 bridgehead atoms. The van der Waals surface area contributed by atoms with Crippen LogP contribution in [0.2, 0.25) is 0 Å². The molecule has 0 aliphatic carbocycles. The van der Waals surface area contributed by atoms with Gasteiger partial charge in [0.1, 0.15) is 0 Å². The summed E-state index contributed by atoms with van der Waals surface area (Å²) in [5.41, 5.74) is 13.4. The Bertz CT molecular complexity index is 842. The van der Waals surface area contributed by atoms with Gasteiger partial charge in [-0.2, -0.15) is 0 Å². The Morgan fingerprint density at radius 1 is 0.763 bits per heavy atom. The van der Waals surface area contributed by atoms with Gasteiger partial charge in [-0.25, -0.2) is 0 Å². The molecule has 0 aliphatic rings. The highest BCUT2D eigenvalue weighted by molar-refractivity contribution is 5.81. The van der Waals surface area contributed by atoms with Gasteiger partial charge in [-0.15, -0.1) is 0 Å². The second kappa shape index (κ2) is 20.1. The predicted octanol–water partition coefficient (Wildman–Crippen LogP) is 6.15. The topological polar surface area (TPSA) is 96.7 Å². The van der Waals surface area contributed by atoms with E-state index in [2.05, 4.69) is 70.7 Å². The van der Waals surface area contributed by atoms with Crippen molar-refractivity contribution in [2.24, 2.45) is 16.5 Å². The summed E-state index contributed by atoms with van der Waals surface area (Å²) in [6.07, 6.45) is 14.3. The molecule has 1 amide bonds. The molecular weight excluding hydrogens is 470 g/mol. The molecule has 0 spiro atoms. The van der Waals surface area contributed by atoms with Gasteiger partial charge in [0.05, 0.1) is 6.04 Å². The molecule has 5 N–H and O–H groups in total. The Labute approximate surface area is 231 Å². The first-order chi connectivity index (χ1) is 18.6. The van der Waals surface area contributed by atoms with Gasteiger partial charge < -0.3 is 16.8 Å². The van der Waals surface area contributed by atoms with Crippen molar-refractivity contribution < 1.29 is 4.79 Å². The maximum atomic E-state index is 13.5. The molecule has 2 rings (SSSR count). The van der Waals surface area contributed by atoms with Crippen LogP contribution in [0.4, 0.5) is 0 Å². The van der Waals surface area contributed by atoms with Crippen LogP contribution in [0, 0.1) is 0 Å². The molecule has 0 heterocycles. The molecule has 210 valence electrons. The molecule has 0 saturated carbocycles. The molecule has 1 atom stereocenters. The van der Waals surface area contributed by atoms with Crippen molar-refractivity contribution in [3.05, 3.63) is 71.8 Å². The van der Waals surface area contributed by atoms with Crippen molar-refractivity contribution in [2.75, 3.05) is 13.1 Å². The molecule has 1 unspecified atom stereocenters. The fourth-order valence-electron chi connectivity index (χ4n) is 4.83. The summed E-state index contributed by atoms with van der Waals surface area (Å²) in [6.45, 7) is 4.92. The molecule has 0 aromatic heterocycles. The van der Waals surface area contributed by atoms with Gasteiger partial charge in [0.25, 0.3) is 0 Å². The molecule has 6 nitrogen and oxygen atoms in total. The number of benzene rings is 2. The van der Waals surface area contributed by atoms with Crippen molar-refractivity contribution in [3.8, 4) is 0 Å². The van der Waals surface area contributed by atoms with E-state index < -0.39 is 0 Å². The van der Waals surface area contributed by atoms with E-state index in [-0.39, 0.29) is 17.9 Å². The lowest BCUT2D eigenvalue weighted by atomic mass is 10.0. The minimum Gasteiger partial charge on any atom is -0.370 e. The summed E-state index contributed by atoms with van der Waals surface area (Å²) in [4.78, 5) is 19.9. The molecular formula is C32H51N5O. The first-order valence-corrected chi connectivity index (χ1v) is 14.7. The van der Waals surface area contributed by atoms with Crippen molar-refractivity contribution in [3.63, 3.8) is 0 Å². The van der Waals surface area contributed by atoms with Crippen LogP contribution in [0.5, 0.6) is 0 Å². The standard InChI is InChI=1S/C32H51N5O/c1-2-3-4-5-6-7-8-9-10-17-24-35-31(38)30(23-18-25-36-32(33)34)37(26-28-19-13-11-14-20-28)27-29-21-15-12-16-22-29/h11-16,19-22,30H,2-10,17-18,23-27H2,1H3,(H,35,38)(H4,33,34,36). The summed E-state index contributed by atoms with van der Waals surface area (Å²) in [5, 5.41) is 3.24. The quantitative estimate of drug-likeness (QED) is 0.104. The van der Waals surface area contributed by atoms with Crippen LogP contribution in [0.3, 0.4) is 0 Å². The molecule has 2 aromatic rings. The van der Waals surface area contributed by atoms with Crippen LogP contribution in [-0.4, -0.2) is 35.9 Å². The normalized spacial score (nSPS) is 11.8. The van der Waals surface area contributed by atoms with Gasteiger partial charge in [0.15, 0.2) is 5.96 Å². The van der Waals surface area contributed by atoms with Crippen molar-refractivity contribution in [2.45, 2.75) is 103 Å². The van der Waals surface area contributed by atoms with Crippen LogP contribution < -0.4 is 16.8 Å². The highest BCUT2D eigenvalue weighted by Gasteiger charge is 2.26. The average Bonchev–Trinajstić information content (AvgIpc) is 2.92. The SMILES string of the molecule is CCCCCCCCCCCCNC(=O)C(CCCN=C(N)N)N(Cc1ccccc1)Cc1ccccc1. The maximum absolute atomic E-state index is 13.5. The van der Waals surface area contributed by atoms with Crippen LogP contribution in [0.1, 0.15) is 95.1 Å². The molecule has 38 heavy (non-hydrogen) atoms. The number of hydrogen-bond acceptors (Lipinski definition) is 3. The smallest absolute Gasteiger partial charge is 0.237 e. The van der Waals surface area contributed by atoms with Gasteiger partial charge >= 0.3 is 0 Å². The number of hydrogen-bond donors (Lipinski definition) is 3. The summed E-state index contributed by atoms with van der Waals surface area (Å²) in [5.74, 6) is 0.190. The third kappa shape index (κ3) is 14.2. The van der Waals surface area contributed by atoms with Crippen LogP contribution >= 0.6 is 0 Å². The van der Waals surface area contributed by atoms with E-state index >= 15 is 0 Å². The molecule has 0 radical (unpaired) electrons. The molecule has 0 saturated heterocycles. The Morgan fingerprint density at radius 2 is 1.26 bits per heavy atom. The minimum atomic E-state index is -0.257. The summed E-state index contributed by atoms with van der Waals surface area (Å²) < 4.78 is 0. The largest absolute Gasteiger partial charge is 0.370 e. The number of amides is 1. The van der Waals surface area contributed by atoms with Crippen LogP contribution in [0.15, 0.2) is 65.7 Å². The monoisotopic (exact) mass is 521 g/mol. The number of carbonyl (C=O) groups is 1. The predicted molar refractivity (Wildman–Crippen MR) is 161 cm³/mol. The number of nitrogens with one attached hydrogen (secondary N) is 1. The fraction of sp³-hybridized carbons (Fsp3) is 0.562. The second-order valence-corrected chi connectivity index (χ2v) is 10.3. The van der Waals surface area contributed by atoms with E-state index in [1.54, 1.807) is 0 Å². The number of rotatable bonds is 21. The lowest BCUT2D eigenvalue weighted by Gasteiger charge is -2.31. The number of aliphatic imine (C=N–C) groups is 1.